The van der Waals surface area contributed by atoms with Crippen LogP contribution >= 0.6 is 11.3 Å². The smallest absolute Gasteiger partial charge is 0.328 e. The number of amides is 2. The van der Waals surface area contributed by atoms with Crippen molar-refractivity contribution in [1.29, 1.82) is 0 Å². The van der Waals surface area contributed by atoms with Gasteiger partial charge >= 0.3 is 5.97 Å². The van der Waals surface area contributed by atoms with Gasteiger partial charge in [-0.05, 0) is 58.2 Å². The molecule has 0 bridgehead atoms. The Kier molecular flexibility index (Phi) is 9.12. The molecule has 3 aromatic rings. The number of carboxylic acids is 1. The fraction of sp³-hybridized carbons (Fsp3) is 0.360. The molecule has 3 rings (SSSR count). The summed E-state index contributed by atoms with van der Waals surface area (Å²) in [7, 11) is 0. The summed E-state index contributed by atoms with van der Waals surface area (Å²) in [6.45, 7) is 7.06. The van der Waals surface area contributed by atoms with Crippen molar-refractivity contribution >= 4 is 35.1 Å². The molecule has 5 N–H and O–H groups in total. The van der Waals surface area contributed by atoms with E-state index >= 15 is 0 Å². The zero-order chi connectivity index (χ0) is 27.1. The van der Waals surface area contributed by atoms with E-state index in [2.05, 4.69) is 30.9 Å². The van der Waals surface area contributed by atoms with Gasteiger partial charge in [-0.25, -0.2) is 19.7 Å². The van der Waals surface area contributed by atoms with Gasteiger partial charge in [-0.15, -0.1) is 11.3 Å². The zero-order valence-electron chi connectivity index (χ0n) is 21.1. The summed E-state index contributed by atoms with van der Waals surface area (Å²) in [4.78, 5) is 50.4. The molecule has 2 heterocycles. The molecule has 0 aliphatic carbocycles. The third-order valence-electron chi connectivity index (χ3n) is 5.51. The number of nitrogens with one attached hydrogen (secondary N) is 3. The summed E-state index contributed by atoms with van der Waals surface area (Å²) in [5, 5.41) is 28.0. The van der Waals surface area contributed by atoms with E-state index < -0.39 is 23.8 Å². The van der Waals surface area contributed by atoms with Crippen LogP contribution in [0.5, 0.6) is 5.75 Å². The van der Waals surface area contributed by atoms with E-state index in [0.29, 0.717) is 34.5 Å². The highest BCUT2D eigenvalue weighted by molar-refractivity contribution is 7.13. The van der Waals surface area contributed by atoms with Crippen molar-refractivity contribution in [2.75, 3.05) is 18.4 Å². The summed E-state index contributed by atoms with van der Waals surface area (Å²) >= 11 is 1.21. The van der Waals surface area contributed by atoms with Gasteiger partial charge in [-0.3, -0.25) is 9.59 Å². The molecule has 0 saturated carbocycles. The highest BCUT2D eigenvalue weighted by Crippen LogP contribution is 2.17. The SMILES string of the molecule is Cc1nc(C)c(C(=O)NCC(NC(=O)c2c(C)nc(NCCCc3cccc(O)c3)nc2C)C(=O)O)s1. The summed E-state index contributed by atoms with van der Waals surface area (Å²) in [5.74, 6) is -1.78. The highest BCUT2D eigenvalue weighted by atomic mass is 32.1. The molecule has 0 aliphatic rings. The minimum atomic E-state index is -1.35. The first-order valence-electron chi connectivity index (χ1n) is 11.7. The van der Waals surface area contributed by atoms with E-state index in [4.69, 9.17) is 0 Å². The Morgan fingerprint density at radius 3 is 2.30 bits per heavy atom. The predicted molar refractivity (Wildman–Crippen MR) is 139 cm³/mol. The van der Waals surface area contributed by atoms with E-state index in [9.17, 15) is 24.6 Å². The first kappa shape index (κ1) is 27.5. The molecule has 11 nitrogen and oxygen atoms in total. The number of hydrogen-bond donors (Lipinski definition) is 5. The average molecular weight is 527 g/mol. The lowest BCUT2D eigenvalue weighted by molar-refractivity contribution is -0.139. The van der Waals surface area contributed by atoms with Gasteiger partial charge in [0, 0.05) is 13.1 Å². The zero-order valence-corrected chi connectivity index (χ0v) is 21.9. The van der Waals surface area contributed by atoms with Crippen LogP contribution in [0, 0.1) is 27.7 Å². The van der Waals surface area contributed by atoms with Gasteiger partial charge in [0.25, 0.3) is 11.8 Å². The number of aromatic nitrogens is 3. The maximum absolute atomic E-state index is 12.9. The van der Waals surface area contributed by atoms with Gasteiger partial charge in [0.1, 0.15) is 16.7 Å². The quantitative estimate of drug-likeness (QED) is 0.236. The lowest BCUT2D eigenvalue weighted by atomic mass is 10.1. The van der Waals surface area contributed by atoms with E-state index in [-0.39, 0.29) is 17.9 Å². The van der Waals surface area contributed by atoms with E-state index in [1.165, 1.54) is 11.3 Å². The molecule has 0 aliphatic heterocycles. The third kappa shape index (κ3) is 7.46. The second-order valence-corrected chi connectivity index (χ2v) is 9.72. The van der Waals surface area contributed by atoms with E-state index in [1.54, 1.807) is 45.9 Å². The van der Waals surface area contributed by atoms with Crippen LogP contribution in [0.3, 0.4) is 0 Å². The van der Waals surface area contributed by atoms with Crippen molar-refractivity contribution in [3.8, 4) is 5.75 Å². The van der Waals surface area contributed by atoms with Gasteiger partial charge in [-0.2, -0.15) is 0 Å². The molecule has 1 unspecified atom stereocenters. The molecule has 0 spiro atoms. The van der Waals surface area contributed by atoms with Crippen LogP contribution in [-0.4, -0.2) is 62.1 Å². The number of thiazole rings is 1. The molecule has 2 aromatic heterocycles. The molecule has 1 aromatic carbocycles. The molecule has 12 heteroatoms. The Hall–Kier alpha value is -4.06. The molecule has 37 heavy (non-hydrogen) atoms. The van der Waals surface area contributed by atoms with Crippen molar-refractivity contribution < 1.29 is 24.6 Å². The monoisotopic (exact) mass is 526 g/mol. The summed E-state index contributed by atoms with van der Waals surface area (Å²) < 4.78 is 0. The van der Waals surface area contributed by atoms with Crippen molar-refractivity contribution in [1.82, 2.24) is 25.6 Å². The van der Waals surface area contributed by atoms with Gasteiger partial charge in [-0.1, -0.05) is 12.1 Å². The first-order valence-corrected chi connectivity index (χ1v) is 12.5. The molecule has 2 amide bonds. The van der Waals surface area contributed by atoms with Gasteiger partial charge in [0.2, 0.25) is 5.95 Å². The maximum atomic E-state index is 12.9. The first-order chi connectivity index (χ1) is 17.5. The summed E-state index contributed by atoms with van der Waals surface area (Å²) in [6, 6.07) is 5.73. The number of aromatic hydroxyl groups is 1. The predicted octanol–water partition coefficient (Wildman–Crippen LogP) is 2.53. The fourth-order valence-electron chi connectivity index (χ4n) is 3.78. The van der Waals surface area contributed by atoms with Crippen LogP contribution in [-0.2, 0) is 11.2 Å². The van der Waals surface area contributed by atoms with Crippen LogP contribution in [0.1, 0.15) is 54.1 Å². The number of phenols is 1. The minimum Gasteiger partial charge on any atom is -0.508 e. The number of benzene rings is 1. The number of phenolic OH excluding ortho intramolecular Hbond substituents is 1. The number of aliphatic carboxylic acids is 1. The molecule has 196 valence electrons. The lowest BCUT2D eigenvalue weighted by Crippen LogP contribution is -2.48. The number of nitrogens with zero attached hydrogens (tertiary/aromatic N) is 3. The number of hydrogen-bond acceptors (Lipinski definition) is 9. The van der Waals surface area contributed by atoms with Crippen LogP contribution < -0.4 is 16.0 Å². The van der Waals surface area contributed by atoms with Crippen molar-refractivity contribution in [2.24, 2.45) is 0 Å². The molecule has 0 saturated heterocycles. The number of anilines is 1. The minimum absolute atomic E-state index is 0.178. The van der Waals surface area contributed by atoms with Gasteiger partial charge < -0.3 is 26.2 Å². The number of carbonyl (C=O) groups excluding carboxylic acids is 2. The standard InChI is InChI=1S/C25H30N6O5S/c1-13-20(14(2)30-25(29-13)26-10-6-8-17-7-5-9-18(32)11-17)22(33)31-19(24(35)36)12-27-23(34)21-15(3)28-16(4)37-21/h5,7,9,11,19,32H,6,8,10,12H2,1-4H3,(H,27,34)(H,31,33)(H,35,36)(H,26,29,30). The molecule has 0 radical (unpaired) electrons. The van der Waals surface area contributed by atoms with Crippen LogP contribution in [0.25, 0.3) is 0 Å². The second-order valence-electron chi connectivity index (χ2n) is 8.51. The molecule has 1 atom stereocenters. The Balaban J connectivity index is 1.58. The fourth-order valence-corrected chi connectivity index (χ4v) is 4.61. The van der Waals surface area contributed by atoms with Crippen LogP contribution in [0.2, 0.25) is 0 Å². The van der Waals surface area contributed by atoms with Crippen molar-refractivity contribution in [3.05, 3.63) is 62.4 Å². The number of carboxylic acid groups (broad SMARTS) is 1. The number of rotatable bonds is 11. The normalized spacial score (nSPS) is 11.6. The van der Waals surface area contributed by atoms with E-state index in [0.717, 1.165) is 23.4 Å². The summed E-state index contributed by atoms with van der Waals surface area (Å²) in [5.41, 5.74) is 2.54. The molecular weight excluding hydrogens is 496 g/mol. The molecular formula is C25H30N6O5S. The Morgan fingerprint density at radius 1 is 1.00 bits per heavy atom. The second kappa shape index (κ2) is 12.3. The van der Waals surface area contributed by atoms with Crippen LogP contribution in [0.15, 0.2) is 24.3 Å². The summed E-state index contributed by atoms with van der Waals surface area (Å²) in [6.07, 6.45) is 1.54. The molecule has 0 fully saturated rings. The highest BCUT2D eigenvalue weighted by Gasteiger charge is 2.25. The van der Waals surface area contributed by atoms with Crippen molar-refractivity contribution in [3.63, 3.8) is 0 Å². The lowest BCUT2D eigenvalue weighted by Gasteiger charge is -2.17. The third-order valence-corrected chi connectivity index (χ3v) is 6.59. The van der Waals surface area contributed by atoms with Gasteiger partial charge in [0.15, 0.2) is 0 Å². The number of aryl methyl sites for hydroxylation is 5. The maximum Gasteiger partial charge on any atom is 0.328 e. The average Bonchev–Trinajstić information content (AvgIpc) is 3.16. The van der Waals surface area contributed by atoms with Gasteiger partial charge in [0.05, 0.1) is 27.7 Å². The topological polar surface area (TPSA) is 166 Å². The van der Waals surface area contributed by atoms with Crippen molar-refractivity contribution in [2.45, 2.75) is 46.6 Å². The Morgan fingerprint density at radius 2 is 1.70 bits per heavy atom. The van der Waals surface area contributed by atoms with Crippen LogP contribution in [0.4, 0.5) is 5.95 Å². The largest absolute Gasteiger partial charge is 0.508 e. The number of carbonyl (C=O) groups is 3. The van der Waals surface area contributed by atoms with E-state index in [1.807, 2.05) is 6.07 Å². The Labute approximate surface area is 218 Å². The Bertz CT molecular complexity index is 1290.